The van der Waals surface area contributed by atoms with Crippen molar-refractivity contribution < 1.29 is 22.0 Å². The molecule has 0 bridgehead atoms. The molecule has 1 saturated heterocycles. The normalized spacial score (nSPS) is 20.1. The van der Waals surface area contributed by atoms with E-state index in [1.165, 1.54) is 36.4 Å². The summed E-state index contributed by atoms with van der Waals surface area (Å²) in [5.41, 5.74) is -0.445. The van der Waals surface area contributed by atoms with E-state index in [-0.39, 0.29) is 39.7 Å². The Labute approximate surface area is 185 Å². The molecule has 1 heterocycles. The molecule has 10 heteroatoms. The minimum atomic E-state index is -4.02. The lowest BCUT2D eigenvalue weighted by Gasteiger charge is -2.35. The lowest BCUT2D eigenvalue weighted by atomic mass is 10.0. The van der Waals surface area contributed by atoms with E-state index in [9.17, 15) is 17.6 Å². The van der Waals surface area contributed by atoms with Crippen LogP contribution in [0.3, 0.4) is 0 Å². The van der Waals surface area contributed by atoms with E-state index in [0.29, 0.717) is 0 Å². The Hall–Kier alpha value is -2.07. The van der Waals surface area contributed by atoms with E-state index < -0.39 is 39.5 Å². The quantitative estimate of drug-likeness (QED) is 0.706. The average molecular weight is 472 g/mol. The first-order valence-electron chi connectivity index (χ1n) is 9.62. The predicted octanol–water partition coefficient (Wildman–Crippen LogP) is 3.94. The van der Waals surface area contributed by atoms with Crippen LogP contribution in [0.25, 0.3) is 11.1 Å². The number of sulfonamides is 1. The van der Waals surface area contributed by atoms with Crippen LogP contribution in [0.1, 0.15) is 27.2 Å². The summed E-state index contributed by atoms with van der Waals surface area (Å²) in [5.74, 6) is -1.31. The van der Waals surface area contributed by atoms with Gasteiger partial charge in [-0.25, -0.2) is 22.3 Å². The van der Waals surface area contributed by atoms with Crippen LogP contribution in [0, 0.1) is 5.82 Å². The minimum Gasteiger partial charge on any atom is -0.322 e. The molecule has 0 radical (unpaired) electrons. The maximum absolute atomic E-state index is 15.3. The van der Waals surface area contributed by atoms with Gasteiger partial charge >= 0.3 is 0 Å². The zero-order chi connectivity index (χ0) is 23.1. The first-order chi connectivity index (χ1) is 14.3. The molecule has 2 atom stereocenters. The van der Waals surface area contributed by atoms with Crippen LogP contribution in [0.15, 0.2) is 41.3 Å². The van der Waals surface area contributed by atoms with Crippen molar-refractivity contribution in [3.05, 3.63) is 47.2 Å². The average Bonchev–Trinajstić information content (AvgIpc) is 3.05. The minimum absolute atomic E-state index is 0.00392. The zero-order valence-electron chi connectivity index (χ0n) is 17.3. The van der Waals surface area contributed by atoms with E-state index in [0.717, 1.165) is 0 Å². The maximum atomic E-state index is 15.3. The third-order valence-electron chi connectivity index (χ3n) is 5.23. The number of benzene rings is 2. The summed E-state index contributed by atoms with van der Waals surface area (Å²) in [6.45, 7) is 5.77. The highest BCUT2D eigenvalue weighted by Crippen LogP contribution is 2.35. The van der Waals surface area contributed by atoms with E-state index >= 15 is 4.39 Å². The molecule has 0 unspecified atom stereocenters. The van der Waals surface area contributed by atoms with E-state index in [1.807, 2.05) is 20.8 Å². The van der Waals surface area contributed by atoms with Crippen molar-refractivity contribution in [2.24, 2.45) is 5.14 Å². The molecular weight excluding hydrogens is 448 g/mol. The largest absolute Gasteiger partial charge is 0.322 e. The van der Waals surface area contributed by atoms with Crippen molar-refractivity contribution in [2.75, 3.05) is 11.9 Å². The number of rotatable bonds is 4. The molecule has 1 aliphatic heterocycles. The van der Waals surface area contributed by atoms with Gasteiger partial charge in [-0.05, 0) is 45.0 Å². The molecule has 6 nitrogen and oxygen atoms in total. The number of hydrogen-bond acceptors (Lipinski definition) is 4. The SMILES string of the molecule is CC(C)(C)N1C[C@H](F)C[C@H]1C(=O)Nc1cccc(-c2cc(S(N)(=O)=O)ccc2Cl)c1F. The van der Waals surface area contributed by atoms with Crippen molar-refractivity contribution in [1.29, 1.82) is 0 Å². The lowest BCUT2D eigenvalue weighted by molar-refractivity contribution is -0.122. The van der Waals surface area contributed by atoms with Gasteiger partial charge in [-0.2, -0.15) is 0 Å². The zero-order valence-corrected chi connectivity index (χ0v) is 18.9. The number of alkyl halides is 1. The van der Waals surface area contributed by atoms with Gasteiger partial charge in [0.2, 0.25) is 15.9 Å². The highest BCUT2D eigenvalue weighted by atomic mass is 35.5. The smallest absolute Gasteiger partial charge is 0.241 e. The standard InChI is InChI=1S/C21H24ClF2N3O3S/c1-21(2,3)27-11-12(23)9-18(27)20(28)26-17-6-4-5-14(19(17)24)15-10-13(31(25,29)30)7-8-16(15)22/h4-8,10,12,18H,9,11H2,1-3H3,(H,26,28)(H2,25,29,30)/t12-,18+/m1/s1. The molecule has 0 spiro atoms. The maximum Gasteiger partial charge on any atom is 0.241 e. The third-order valence-corrected chi connectivity index (χ3v) is 6.47. The highest BCUT2D eigenvalue weighted by Gasteiger charge is 2.42. The van der Waals surface area contributed by atoms with Gasteiger partial charge in [-0.15, -0.1) is 0 Å². The summed E-state index contributed by atoms with van der Waals surface area (Å²) in [5, 5.41) is 7.82. The number of likely N-dealkylation sites (tertiary alicyclic amines) is 1. The summed E-state index contributed by atoms with van der Waals surface area (Å²) in [7, 11) is -4.02. The van der Waals surface area contributed by atoms with Gasteiger partial charge < -0.3 is 5.32 Å². The number of nitrogens with one attached hydrogen (secondary N) is 1. The molecule has 1 fully saturated rings. The van der Waals surface area contributed by atoms with Gasteiger partial charge in [0.05, 0.1) is 16.6 Å². The second kappa shape index (κ2) is 8.46. The molecule has 0 saturated carbocycles. The van der Waals surface area contributed by atoms with Gasteiger partial charge in [-0.1, -0.05) is 23.7 Å². The van der Waals surface area contributed by atoms with Crippen LogP contribution in [0.4, 0.5) is 14.5 Å². The second-order valence-corrected chi connectivity index (χ2v) is 10.5. The summed E-state index contributed by atoms with van der Waals surface area (Å²) >= 11 is 6.16. The number of halogens is 3. The number of amides is 1. The first kappa shape index (κ1) is 23.6. The van der Waals surface area contributed by atoms with E-state index in [4.69, 9.17) is 16.7 Å². The number of nitrogens with zero attached hydrogens (tertiary/aromatic N) is 1. The van der Waals surface area contributed by atoms with Crippen LogP contribution in [-0.2, 0) is 14.8 Å². The van der Waals surface area contributed by atoms with Crippen molar-refractivity contribution >= 4 is 33.2 Å². The van der Waals surface area contributed by atoms with Gasteiger partial charge in [0, 0.05) is 34.7 Å². The molecule has 3 rings (SSSR count). The molecule has 0 aliphatic carbocycles. The van der Waals surface area contributed by atoms with Crippen LogP contribution in [0.2, 0.25) is 5.02 Å². The highest BCUT2D eigenvalue weighted by molar-refractivity contribution is 7.89. The van der Waals surface area contributed by atoms with Crippen LogP contribution in [0.5, 0.6) is 0 Å². The van der Waals surface area contributed by atoms with Gasteiger partial charge in [0.25, 0.3) is 0 Å². The third kappa shape index (κ3) is 5.06. The van der Waals surface area contributed by atoms with Crippen LogP contribution < -0.4 is 10.5 Å². The molecule has 31 heavy (non-hydrogen) atoms. The molecule has 3 N–H and O–H groups in total. The van der Waals surface area contributed by atoms with Gasteiger partial charge in [-0.3, -0.25) is 9.69 Å². The Morgan fingerprint density at radius 1 is 1.23 bits per heavy atom. The summed E-state index contributed by atoms with van der Waals surface area (Å²) in [6, 6.07) is 7.25. The molecule has 2 aromatic rings. The second-order valence-electron chi connectivity index (χ2n) is 8.51. The molecule has 1 amide bonds. The van der Waals surface area contributed by atoms with E-state index in [2.05, 4.69) is 5.32 Å². The van der Waals surface area contributed by atoms with Gasteiger partial charge in [0.15, 0.2) is 5.82 Å². The fourth-order valence-corrected chi connectivity index (χ4v) is 4.47. The van der Waals surface area contributed by atoms with Crippen LogP contribution in [-0.4, -0.2) is 43.5 Å². The molecule has 1 aliphatic rings. The van der Waals surface area contributed by atoms with Crippen molar-refractivity contribution in [2.45, 2.75) is 49.8 Å². The lowest BCUT2D eigenvalue weighted by Crippen LogP contribution is -2.49. The van der Waals surface area contributed by atoms with Crippen molar-refractivity contribution in [3.8, 4) is 11.1 Å². The topological polar surface area (TPSA) is 92.5 Å². The Bertz CT molecular complexity index is 1120. The van der Waals surface area contributed by atoms with Crippen molar-refractivity contribution in [3.63, 3.8) is 0 Å². The number of carbonyl (C=O) groups excluding carboxylic acids is 1. The Balaban J connectivity index is 1.95. The summed E-state index contributed by atoms with van der Waals surface area (Å²) in [6.07, 6.45) is -1.13. The monoisotopic (exact) mass is 471 g/mol. The van der Waals surface area contributed by atoms with E-state index in [1.54, 1.807) is 4.90 Å². The Morgan fingerprint density at radius 3 is 2.52 bits per heavy atom. The number of nitrogens with two attached hydrogens (primary N) is 1. The Morgan fingerprint density at radius 2 is 1.90 bits per heavy atom. The molecular formula is C21H24ClF2N3O3S. The van der Waals surface area contributed by atoms with Crippen molar-refractivity contribution in [1.82, 2.24) is 4.90 Å². The number of anilines is 1. The Kier molecular flexibility index (Phi) is 6.44. The van der Waals surface area contributed by atoms with Crippen LogP contribution >= 0.6 is 11.6 Å². The molecule has 0 aromatic heterocycles. The fraction of sp³-hybridized carbons (Fsp3) is 0.381. The predicted molar refractivity (Wildman–Crippen MR) is 117 cm³/mol. The number of carbonyl (C=O) groups is 1. The molecule has 2 aromatic carbocycles. The summed E-state index contributed by atoms with van der Waals surface area (Å²) < 4.78 is 52.6. The van der Waals surface area contributed by atoms with Gasteiger partial charge in [0.1, 0.15) is 6.17 Å². The number of primary sulfonamides is 1. The fourth-order valence-electron chi connectivity index (χ4n) is 3.71. The molecule has 168 valence electrons. The first-order valence-corrected chi connectivity index (χ1v) is 11.5. The summed E-state index contributed by atoms with van der Waals surface area (Å²) in [4.78, 5) is 14.4. The number of hydrogen-bond donors (Lipinski definition) is 2.